The van der Waals surface area contributed by atoms with E-state index in [0.717, 1.165) is 18.7 Å². The largest absolute Gasteiger partial charge is 0.480 e. The maximum absolute atomic E-state index is 10.6. The normalized spacial score (nSPS) is 17.9. The van der Waals surface area contributed by atoms with Crippen LogP contribution in [0.1, 0.15) is 43.8 Å². The fraction of sp³-hybridized carbons (Fsp3) is 0.778. The third-order valence-electron chi connectivity index (χ3n) is 2.81. The zero-order chi connectivity index (χ0) is 10.7. The van der Waals surface area contributed by atoms with Gasteiger partial charge in [0.2, 0.25) is 0 Å². The highest BCUT2D eigenvalue weighted by molar-refractivity contribution is 5.66. The number of carboxylic acids is 1. The second-order valence-electron chi connectivity index (χ2n) is 3.92. The molecule has 6 heteroatoms. The summed E-state index contributed by atoms with van der Waals surface area (Å²) in [6.45, 7) is -0.140. The first kappa shape index (κ1) is 10.1. The molecule has 0 aromatic carbocycles. The average molecular weight is 210 g/mol. The Labute approximate surface area is 87.3 Å². The maximum atomic E-state index is 10.6. The van der Waals surface area contributed by atoms with E-state index in [-0.39, 0.29) is 6.54 Å². The van der Waals surface area contributed by atoms with E-state index < -0.39 is 5.97 Å². The minimum absolute atomic E-state index is 0.140. The molecule has 1 aliphatic carbocycles. The van der Waals surface area contributed by atoms with E-state index in [1.165, 1.54) is 23.9 Å². The molecule has 82 valence electrons. The molecule has 0 unspecified atom stereocenters. The van der Waals surface area contributed by atoms with Crippen LogP contribution in [0.25, 0.3) is 0 Å². The number of aromatic nitrogens is 4. The molecule has 1 saturated carbocycles. The van der Waals surface area contributed by atoms with Crippen molar-refractivity contribution in [3.05, 3.63) is 5.82 Å². The molecular weight excluding hydrogens is 196 g/mol. The fourth-order valence-corrected chi connectivity index (χ4v) is 2.11. The predicted molar refractivity (Wildman–Crippen MR) is 51.3 cm³/mol. The van der Waals surface area contributed by atoms with E-state index >= 15 is 0 Å². The molecule has 1 N–H and O–H groups in total. The molecule has 1 aliphatic rings. The first-order valence-electron chi connectivity index (χ1n) is 5.25. The number of nitrogens with zero attached hydrogens (tertiary/aromatic N) is 4. The lowest BCUT2D eigenvalue weighted by Gasteiger charge is -2.19. The molecule has 0 aliphatic heterocycles. The number of carbonyl (C=O) groups is 1. The first-order chi connectivity index (χ1) is 7.27. The van der Waals surface area contributed by atoms with Crippen molar-refractivity contribution in [2.24, 2.45) is 0 Å². The van der Waals surface area contributed by atoms with Crippen LogP contribution in [0.2, 0.25) is 0 Å². The average Bonchev–Trinajstić information content (AvgIpc) is 2.66. The molecule has 0 radical (unpaired) electrons. The molecule has 6 nitrogen and oxygen atoms in total. The minimum atomic E-state index is -0.903. The molecule has 0 saturated heterocycles. The lowest BCUT2D eigenvalue weighted by atomic mass is 9.89. The van der Waals surface area contributed by atoms with Crippen molar-refractivity contribution in [3.8, 4) is 0 Å². The highest BCUT2D eigenvalue weighted by atomic mass is 16.4. The predicted octanol–water partition coefficient (Wildman–Crippen LogP) is 0.805. The van der Waals surface area contributed by atoms with E-state index in [4.69, 9.17) is 5.11 Å². The van der Waals surface area contributed by atoms with Crippen LogP contribution >= 0.6 is 0 Å². The van der Waals surface area contributed by atoms with E-state index in [9.17, 15) is 4.79 Å². The van der Waals surface area contributed by atoms with Crippen molar-refractivity contribution in [3.63, 3.8) is 0 Å². The second-order valence-corrected chi connectivity index (χ2v) is 3.92. The number of hydrogen-bond donors (Lipinski definition) is 1. The molecule has 1 fully saturated rings. The summed E-state index contributed by atoms with van der Waals surface area (Å²) in [5.74, 6) is 0.171. The Morgan fingerprint density at radius 3 is 2.80 bits per heavy atom. The van der Waals surface area contributed by atoms with Gasteiger partial charge in [0.1, 0.15) is 6.54 Å². The van der Waals surface area contributed by atoms with E-state index in [1.807, 2.05) is 0 Å². The summed E-state index contributed by atoms with van der Waals surface area (Å²) in [6.07, 6.45) is 5.77. The topological polar surface area (TPSA) is 80.9 Å². The van der Waals surface area contributed by atoms with Crippen molar-refractivity contribution in [1.29, 1.82) is 0 Å². The Hall–Kier alpha value is -1.46. The van der Waals surface area contributed by atoms with Gasteiger partial charge in [-0.15, -0.1) is 5.10 Å². The quantitative estimate of drug-likeness (QED) is 0.798. The van der Waals surface area contributed by atoms with E-state index in [2.05, 4.69) is 15.5 Å². The molecule has 0 spiro atoms. The molecule has 0 amide bonds. The summed E-state index contributed by atoms with van der Waals surface area (Å²) in [7, 11) is 0. The molecule has 1 aromatic rings. The smallest absolute Gasteiger partial charge is 0.325 e. The number of aliphatic carboxylic acids is 1. The SMILES string of the molecule is O=C(O)Cn1nnnc1C1CCCCC1. The van der Waals surface area contributed by atoms with Gasteiger partial charge in [0.25, 0.3) is 0 Å². The van der Waals surface area contributed by atoms with Gasteiger partial charge in [0.05, 0.1) is 0 Å². The van der Waals surface area contributed by atoms with Gasteiger partial charge < -0.3 is 5.11 Å². The number of hydrogen-bond acceptors (Lipinski definition) is 4. The van der Waals surface area contributed by atoms with Crippen LogP contribution in [0.4, 0.5) is 0 Å². The monoisotopic (exact) mass is 210 g/mol. The molecule has 0 atom stereocenters. The summed E-state index contributed by atoms with van der Waals surface area (Å²) in [6, 6.07) is 0. The van der Waals surface area contributed by atoms with E-state index in [1.54, 1.807) is 0 Å². The van der Waals surface area contributed by atoms with Crippen LogP contribution in [-0.2, 0) is 11.3 Å². The van der Waals surface area contributed by atoms with Crippen LogP contribution in [0.15, 0.2) is 0 Å². The van der Waals surface area contributed by atoms with E-state index in [0.29, 0.717) is 5.92 Å². The molecule has 2 rings (SSSR count). The Balaban J connectivity index is 2.12. The Kier molecular flexibility index (Phi) is 2.94. The summed E-state index contributed by atoms with van der Waals surface area (Å²) in [5, 5.41) is 19.9. The molecule has 1 aromatic heterocycles. The summed E-state index contributed by atoms with van der Waals surface area (Å²) < 4.78 is 1.40. The van der Waals surface area contributed by atoms with Crippen LogP contribution in [0.3, 0.4) is 0 Å². The van der Waals surface area contributed by atoms with Crippen LogP contribution in [0, 0.1) is 0 Å². The zero-order valence-electron chi connectivity index (χ0n) is 8.46. The van der Waals surface area contributed by atoms with Crippen molar-refractivity contribution in [2.45, 2.75) is 44.6 Å². The highest BCUT2D eigenvalue weighted by Crippen LogP contribution is 2.30. The van der Waals surface area contributed by atoms with Crippen molar-refractivity contribution < 1.29 is 9.90 Å². The van der Waals surface area contributed by atoms with Gasteiger partial charge >= 0.3 is 5.97 Å². The zero-order valence-corrected chi connectivity index (χ0v) is 8.46. The molecule has 15 heavy (non-hydrogen) atoms. The third kappa shape index (κ3) is 2.31. The highest BCUT2D eigenvalue weighted by Gasteiger charge is 2.22. The molecule has 0 bridgehead atoms. The van der Waals surface area contributed by atoms with Crippen molar-refractivity contribution in [2.75, 3.05) is 0 Å². The minimum Gasteiger partial charge on any atom is -0.480 e. The van der Waals surface area contributed by atoms with Crippen LogP contribution < -0.4 is 0 Å². The van der Waals surface area contributed by atoms with Gasteiger partial charge in [-0.1, -0.05) is 19.3 Å². The summed E-state index contributed by atoms with van der Waals surface area (Å²) in [4.78, 5) is 10.6. The Morgan fingerprint density at radius 2 is 2.13 bits per heavy atom. The standard InChI is InChI=1S/C9H14N4O2/c14-8(15)6-13-9(10-11-12-13)7-4-2-1-3-5-7/h7H,1-6H2,(H,14,15). The van der Waals surface area contributed by atoms with Gasteiger partial charge in [-0.25, -0.2) is 4.68 Å². The number of carboxylic acid groups (broad SMARTS) is 1. The fourth-order valence-electron chi connectivity index (χ4n) is 2.11. The first-order valence-corrected chi connectivity index (χ1v) is 5.25. The summed E-state index contributed by atoms with van der Waals surface area (Å²) in [5.41, 5.74) is 0. The van der Waals surface area contributed by atoms with Crippen LogP contribution in [0.5, 0.6) is 0 Å². The lowest BCUT2D eigenvalue weighted by molar-refractivity contribution is -0.138. The van der Waals surface area contributed by atoms with Gasteiger partial charge in [-0.3, -0.25) is 4.79 Å². The Morgan fingerprint density at radius 1 is 1.40 bits per heavy atom. The Bertz CT molecular complexity index is 344. The lowest BCUT2D eigenvalue weighted by Crippen LogP contribution is -2.17. The maximum Gasteiger partial charge on any atom is 0.325 e. The second kappa shape index (κ2) is 4.37. The molecule has 1 heterocycles. The number of rotatable bonds is 3. The molecular formula is C9H14N4O2. The summed E-state index contributed by atoms with van der Waals surface area (Å²) >= 11 is 0. The van der Waals surface area contributed by atoms with Crippen molar-refractivity contribution >= 4 is 5.97 Å². The van der Waals surface area contributed by atoms with Crippen molar-refractivity contribution in [1.82, 2.24) is 20.2 Å². The third-order valence-corrected chi connectivity index (χ3v) is 2.81. The van der Waals surface area contributed by atoms with Gasteiger partial charge in [-0.05, 0) is 23.3 Å². The van der Waals surface area contributed by atoms with Gasteiger partial charge in [-0.2, -0.15) is 0 Å². The van der Waals surface area contributed by atoms with Gasteiger partial charge in [0.15, 0.2) is 5.82 Å². The van der Waals surface area contributed by atoms with Crippen LogP contribution in [-0.4, -0.2) is 31.3 Å². The number of tetrazole rings is 1. The van der Waals surface area contributed by atoms with Gasteiger partial charge in [0, 0.05) is 5.92 Å².